The Morgan fingerprint density at radius 1 is 1.29 bits per heavy atom. The highest BCUT2D eigenvalue weighted by molar-refractivity contribution is 5.70. The fourth-order valence-electron chi connectivity index (χ4n) is 1.75. The largest absolute Gasteiger partial charge is 0.586 e. The minimum absolute atomic E-state index is 0.0241. The lowest BCUT2D eigenvalue weighted by Gasteiger charge is -2.07. The fraction of sp³-hybridized carbons (Fsp3) is 0.300. The SMILES string of the molecule is O=C1N[C@H](c2ccc3c(c2)OC(F)(F)O3)CO1. The molecule has 7 heteroatoms. The molecule has 17 heavy (non-hydrogen) atoms. The predicted molar refractivity (Wildman–Crippen MR) is 49.9 cm³/mol. The second kappa shape index (κ2) is 3.22. The number of carbonyl (C=O) groups is 1. The van der Waals surface area contributed by atoms with Crippen LogP contribution in [0.5, 0.6) is 11.5 Å². The molecule has 0 spiro atoms. The van der Waals surface area contributed by atoms with Gasteiger partial charge in [0.1, 0.15) is 6.61 Å². The molecule has 0 aliphatic carbocycles. The highest BCUT2D eigenvalue weighted by Crippen LogP contribution is 2.42. The molecule has 2 aliphatic rings. The van der Waals surface area contributed by atoms with Crippen LogP contribution in [0.4, 0.5) is 13.6 Å². The van der Waals surface area contributed by atoms with E-state index in [0.29, 0.717) is 5.56 Å². The number of hydrogen-bond acceptors (Lipinski definition) is 4. The first-order valence-corrected chi connectivity index (χ1v) is 4.87. The molecule has 5 nitrogen and oxygen atoms in total. The second-order valence-electron chi connectivity index (χ2n) is 3.67. The molecule has 0 unspecified atom stereocenters. The molecule has 0 aromatic heterocycles. The Morgan fingerprint density at radius 3 is 2.76 bits per heavy atom. The number of hydrogen-bond donors (Lipinski definition) is 1. The van der Waals surface area contributed by atoms with Crippen molar-refractivity contribution >= 4 is 6.09 Å². The van der Waals surface area contributed by atoms with Gasteiger partial charge in [0.2, 0.25) is 0 Å². The minimum atomic E-state index is -3.63. The topological polar surface area (TPSA) is 56.8 Å². The number of alkyl carbamates (subject to hydrolysis) is 1. The molecular formula is C10H7F2NO4. The zero-order chi connectivity index (χ0) is 12.0. The summed E-state index contributed by atoms with van der Waals surface area (Å²) in [6.45, 7) is 0.162. The van der Waals surface area contributed by atoms with E-state index in [1.165, 1.54) is 12.1 Å². The van der Waals surface area contributed by atoms with Crippen molar-refractivity contribution < 1.29 is 27.8 Å². The third-order valence-corrected chi connectivity index (χ3v) is 2.50. The van der Waals surface area contributed by atoms with Crippen LogP contribution in [0.3, 0.4) is 0 Å². The van der Waals surface area contributed by atoms with Crippen molar-refractivity contribution in [2.45, 2.75) is 12.3 Å². The van der Waals surface area contributed by atoms with Crippen molar-refractivity contribution in [3.05, 3.63) is 23.8 Å². The van der Waals surface area contributed by atoms with Gasteiger partial charge in [0, 0.05) is 0 Å². The summed E-state index contributed by atoms with van der Waals surface area (Å²) in [6.07, 6.45) is -4.16. The molecule has 3 rings (SSSR count). The number of ether oxygens (including phenoxy) is 3. The standard InChI is InChI=1S/C10H7F2NO4/c11-10(12)16-7-2-1-5(3-8(7)17-10)6-4-15-9(14)13-6/h1-3,6H,4H2,(H,13,14)/t6-/m0/s1. The van der Waals surface area contributed by atoms with Crippen LogP contribution in [-0.4, -0.2) is 19.0 Å². The van der Waals surface area contributed by atoms with Crippen LogP contribution >= 0.6 is 0 Å². The molecule has 1 saturated heterocycles. The fourth-order valence-corrected chi connectivity index (χ4v) is 1.75. The molecule has 0 bridgehead atoms. The lowest BCUT2D eigenvalue weighted by atomic mass is 10.1. The first-order chi connectivity index (χ1) is 8.03. The predicted octanol–water partition coefficient (Wildman–Crippen LogP) is 1.79. The van der Waals surface area contributed by atoms with E-state index in [-0.39, 0.29) is 24.1 Å². The quantitative estimate of drug-likeness (QED) is 0.816. The number of halogens is 2. The first-order valence-electron chi connectivity index (χ1n) is 4.87. The van der Waals surface area contributed by atoms with Crippen molar-refractivity contribution in [3.63, 3.8) is 0 Å². The van der Waals surface area contributed by atoms with Gasteiger partial charge in [-0.25, -0.2) is 4.79 Å². The summed E-state index contributed by atoms with van der Waals surface area (Å²) in [4.78, 5) is 10.9. The summed E-state index contributed by atoms with van der Waals surface area (Å²) in [5.41, 5.74) is 0.621. The number of fused-ring (bicyclic) bond motifs is 1. The van der Waals surface area contributed by atoms with E-state index in [4.69, 9.17) is 4.74 Å². The van der Waals surface area contributed by atoms with Crippen molar-refractivity contribution in [2.24, 2.45) is 0 Å². The van der Waals surface area contributed by atoms with E-state index in [0.717, 1.165) is 0 Å². The van der Waals surface area contributed by atoms with E-state index < -0.39 is 12.4 Å². The van der Waals surface area contributed by atoms with Gasteiger partial charge < -0.3 is 19.5 Å². The van der Waals surface area contributed by atoms with Crippen molar-refractivity contribution in [1.29, 1.82) is 0 Å². The first kappa shape index (κ1) is 10.1. The van der Waals surface area contributed by atoms with Gasteiger partial charge in [-0.2, -0.15) is 0 Å². The Labute approximate surface area is 94.3 Å². The van der Waals surface area contributed by atoms with Crippen LogP contribution in [0.15, 0.2) is 18.2 Å². The van der Waals surface area contributed by atoms with Gasteiger partial charge in [-0.3, -0.25) is 0 Å². The summed E-state index contributed by atoms with van der Waals surface area (Å²) < 4.78 is 38.8. The maximum atomic E-state index is 12.8. The lowest BCUT2D eigenvalue weighted by Crippen LogP contribution is -2.26. The minimum Gasteiger partial charge on any atom is -0.447 e. The van der Waals surface area contributed by atoms with Gasteiger partial charge in [-0.1, -0.05) is 6.07 Å². The Hall–Kier alpha value is -2.05. The van der Waals surface area contributed by atoms with E-state index in [2.05, 4.69) is 14.8 Å². The molecule has 1 aromatic rings. The molecule has 90 valence electrons. The number of carbonyl (C=O) groups excluding carboxylic acids is 1. The zero-order valence-electron chi connectivity index (χ0n) is 8.41. The smallest absolute Gasteiger partial charge is 0.447 e. The van der Waals surface area contributed by atoms with Gasteiger partial charge >= 0.3 is 12.4 Å². The van der Waals surface area contributed by atoms with Crippen LogP contribution in [0.2, 0.25) is 0 Å². The average Bonchev–Trinajstić information content (AvgIpc) is 2.78. The molecule has 0 saturated carbocycles. The maximum Gasteiger partial charge on any atom is 0.586 e. The molecule has 1 N–H and O–H groups in total. The molecule has 0 radical (unpaired) electrons. The number of benzene rings is 1. The number of rotatable bonds is 1. The van der Waals surface area contributed by atoms with Gasteiger partial charge in [0.25, 0.3) is 0 Å². The Bertz CT molecular complexity index is 491. The Morgan fingerprint density at radius 2 is 2.06 bits per heavy atom. The van der Waals surface area contributed by atoms with E-state index in [9.17, 15) is 13.6 Å². The number of nitrogens with one attached hydrogen (secondary N) is 1. The summed E-state index contributed by atoms with van der Waals surface area (Å²) in [6, 6.07) is 3.99. The highest BCUT2D eigenvalue weighted by atomic mass is 19.3. The van der Waals surface area contributed by atoms with Crippen LogP contribution in [0.25, 0.3) is 0 Å². The van der Waals surface area contributed by atoms with E-state index in [1.807, 2.05) is 0 Å². The van der Waals surface area contributed by atoms with Crippen LogP contribution in [0.1, 0.15) is 11.6 Å². The maximum absolute atomic E-state index is 12.8. The molecule has 1 fully saturated rings. The molecule has 2 heterocycles. The van der Waals surface area contributed by atoms with Gasteiger partial charge in [0.15, 0.2) is 11.5 Å². The van der Waals surface area contributed by atoms with E-state index >= 15 is 0 Å². The lowest BCUT2D eigenvalue weighted by molar-refractivity contribution is -0.286. The molecule has 1 atom stereocenters. The summed E-state index contributed by atoms with van der Waals surface area (Å²) in [5, 5.41) is 2.54. The highest BCUT2D eigenvalue weighted by Gasteiger charge is 2.43. The average molecular weight is 243 g/mol. The van der Waals surface area contributed by atoms with Gasteiger partial charge in [0.05, 0.1) is 6.04 Å². The third-order valence-electron chi connectivity index (χ3n) is 2.50. The second-order valence-corrected chi connectivity index (χ2v) is 3.67. The molecule has 1 aromatic carbocycles. The number of amides is 1. The monoisotopic (exact) mass is 243 g/mol. The van der Waals surface area contributed by atoms with E-state index in [1.54, 1.807) is 6.07 Å². The normalized spacial score (nSPS) is 24.4. The van der Waals surface area contributed by atoms with Crippen LogP contribution in [-0.2, 0) is 4.74 Å². The van der Waals surface area contributed by atoms with Crippen LogP contribution < -0.4 is 14.8 Å². The zero-order valence-corrected chi connectivity index (χ0v) is 8.41. The molecule has 1 amide bonds. The molecular weight excluding hydrogens is 236 g/mol. The van der Waals surface area contributed by atoms with Gasteiger partial charge in [-0.15, -0.1) is 8.78 Å². The Kier molecular flexibility index (Phi) is 1.92. The number of cyclic esters (lactones) is 1. The van der Waals surface area contributed by atoms with Crippen LogP contribution in [0, 0.1) is 0 Å². The third kappa shape index (κ3) is 1.73. The summed E-state index contributed by atoms with van der Waals surface area (Å²) >= 11 is 0. The summed E-state index contributed by atoms with van der Waals surface area (Å²) in [5.74, 6) is -0.0716. The molecule has 2 aliphatic heterocycles. The van der Waals surface area contributed by atoms with Crippen molar-refractivity contribution in [2.75, 3.05) is 6.61 Å². The Balaban J connectivity index is 1.88. The summed E-state index contributed by atoms with van der Waals surface area (Å²) in [7, 11) is 0. The van der Waals surface area contributed by atoms with Crippen molar-refractivity contribution in [1.82, 2.24) is 5.32 Å². The number of alkyl halides is 2. The van der Waals surface area contributed by atoms with Gasteiger partial charge in [-0.05, 0) is 17.7 Å². The van der Waals surface area contributed by atoms with Crippen molar-refractivity contribution in [3.8, 4) is 11.5 Å².